The summed E-state index contributed by atoms with van der Waals surface area (Å²) in [6.07, 6.45) is 0. The molecule has 0 aliphatic carbocycles. The SMILES string of the molecule is CC(N)C(=O)Nc1ccc(F)cc1F. The van der Waals surface area contributed by atoms with E-state index in [1.165, 1.54) is 6.92 Å². The molecule has 0 spiro atoms. The summed E-state index contributed by atoms with van der Waals surface area (Å²) in [6.45, 7) is 1.47. The molecule has 0 saturated carbocycles. The molecule has 1 aromatic carbocycles. The summed E-state index contributed by atoms with van der Waals surface area (Å²) < 4.78 is 25.4. The third kappa shape index (κ3) is 2.50. The number of hydrogen-bond donors (Lipinski definition) is 2. The lowest BCUT2D eigenvalue weighted by atomic mass is 10.2. The molecule has 0 saturated heterocycles. The van der Waals surface area contributed by atoms with Gasteiger partial charge >= 0.3 is 0 Å². The molecule has 0 aliphatic heterocycles. The molecule has 0 aliphatic rings. The van der Waals surface area contributed by atoms with Crippen LogP contribution in [0.4, 0.5) is 14.5 Å². The number of benzene rings is 1. The summed E-state index contributed by atoms with van der Waals surface area (Å²) in [5.41, 5.74) is 5.18. The van der Waals surface area contributed by atoms with E-state index in [2.05, 4.69) is 5.32 Å². The van der Waals surface area contributed by atoms with Gasteiger partial charge in [0.25, 0.3) is 0 Å². The van der Waals surface area contributed by atoms with Crippen LogP contribution >= 0.6 is 0 Å². The van der Waals surface area contributed by atoms with Gasteiger partial charge in [-0.15, -0.1) is 0 Å². The number of halogens is 2. The molecule has 0 fully saturated rings. The summed E-state index contributed by atoms with van der Waals surface area (Å²) in [7, 11) is 0. The Morgan fingerprint density at radius 1 is 1.50 bits per heavy atom. The number of nitrogens with one attached hydrogen (secondary N) is 1. The summed E-state index contributed by atoms with van der Waals surface area (Å²) in [4.78, 5) is 11.1. The minimum Gasteiger partial charge on any atom is -0.322 e. The number of amides is 1. The van der Waals surface area contributed by atoms with Crippen molar-refractivity contribution >= 4 is 11.6 Å². The fraction of sp³-hybridized carbons (Fsp3) is 0.222. The van der Waals surface area contributed by atoms with Gasteiger partial charge < -0.3 is 11.1 Å². The minimum atomic E-state index is -0.820. The normalized spacial score (nSPS) is 12.3. The topological polar surface area (TPSA) is 55.1 Å². The van der Waals surface area contributed by atoms with Gasteiger partial charge in [0.2, 0.25) is 5.91 Å². The molecule has 0 heterocycles. The molecule has 1 rings (SSSR count). The van der Waals surface area contributed by atoms with Crippen LogP contribution in [0.1, 0.15) is 6.92 Å². The Morgan fingerprint density at radius 2 is 2.14 bits per heavy atom. The quantitative estimate of drug-likeness (QED) is 0.754. The van der Waals surface area contributed by atoms with Crippen LogP contribution in [0.5, 0.6) is 0 Å². The van der Waals surface area contributed by atoms with Crippen molar-refractivity contribution < 1.29 is 13.6 Å². The second-order valence-electron chi connectivity index (χ2n) is 2.90. The lowest BCUT2D eigenvalue weighted by Gasteiger charge is -2.08. The standard InChI is InChI=1S/C9H10F2N2O/c1-5(12)9(14)13-8-3-2-6(10)4-7(8)11/h2-5H,12H2,1H3,(H,13,14). The zero-order valence-electron chi connectivity index (χ0n) is 7.55. The highest BCUT2D eigenvalue weighted by molar-refractivity contribution is 5.94. The van der Waals surface area contributed by atoms with Gasteiger partial charge in [0, 0.05) is 6.07 Å². The van der Waals surface area contributed by atoms with Crippen LogP contribution in [0.3, 0.4) is 0 Å². The highest BCUT2D eigenvalue weighted by Crippen LogP contribution is 2.14. The maximum absolute atomic E-state index is 13.0. The first-order valence-electron chi connectivity index (χ1n) is 4.02. The molecule has 0 aromatic heterocycles. The highest BCUT2D eigenvalue weighted by atomic mass is 19.1. The van der Waals surface area contributed by atoms with E-state index in [0.717, 1.165) is 12.1 Å². The maximum Gasteiger partial charge on any atom is 0.241 e. The van der Waals surface area contributed by atoms with Crippen LogP contribution in [0.2, 0.25) is 0 Å². The Kier molecular flexibility index (Phi) is 3.14. The molecular formula is C9H10F2N2O. The Morgan fingerprint density at radius 3 is 2.64 bits per heavy atom. The second kappa shape index (κ2) is 4.15. The first kappa shape index (κ1) is 10.6. The van der Waals surface area contributed by atoms with Crippen LogP contribution in [0.25, 0.3) is 0 Å². The lowest BCUT2D eigenvalue weighted by molar-refractivity contribution is -0.117. The van der Waals surface area contributed by atoms with E-state index in [-0.39, 0.29) is 5.69 Å². The fourth-order valence-electron chi connectivity index (χ4n) is 0.837. The lowest BCUT2D eigenvalue weighted by Crippen LogP contribution is -2.32. The van der Waals surface area contributed by atoms with Crippen molar-refractivity contribution in [3.8, 4) is 0 Å². The molecule has 76 valence electrons. The van der Waals surface area contributed by atoms with Crippen molar-refractivity contribution in [3.05, 3.63) is 29.8 Å². The van der Waals surface area contributed by atoms with Gasteiger partial charge in [0.15, 0.2) is 0 Å². The predicted octanol–water partition coefficient (Wildman–Crippen LogP) is 1.25. The molecule has 1 atom stereocenters. The third-order valence-electron chi connectivity index (χ3n) is 1.60. The Bertz CT molecular complexity index is 353. The molecule has 14 heavy (non-hydrogen) atoms. The predicted molar refractivity (Wildman–Crippen MR) is 48.6 cm³/mol. The molecule has 1 amide bonds. The molecular weight excluding hydrogens is 190 g/mol. The van der Waals surface area contributed by atoms with E-state index >= 15 is 0 Å². The molecule has 1 aromatic rings. The van der Waals surface area contributed by atoms with Crippen molar-refractivity contribution in [1.29, 1.82) is 0 Å². The highest BCUT2D eigenvalue weighted by Gasteiger charge is 2.10. The molecule has 5 heteroatoms. The monoisotopic (exact) mass is 200 g/mol. The van der Waals surface area contributed by atoms with E-state index in [4.69, 9.17) is 5.73 Å². The fourth-order valence-corrected chi connectivity index (χ4v) is 0.837. The van der Waals surface area contributed by atoms with Crippen molar-refractivity contribution in [1.82, 2.24) is 0 Å². The molecule has 1 unspecified atom stereocenters. The number of anilines is 1. The van der Waals surface area contributed by atoms with Gasteiger partial charge in [-0.1, -0.05) is 0 Å². The first-order valence-corrected chi connectivity index (χ1v) is 4.02. The summed E-state index contributed by atoms with van der Waals surface area (Å²) in [6, 6.07) is 2.15. The van der Waals surface area contributed by atoms with E-state index in [1.54, 1.807) is 0 Å². The van der Waals surface area contributed by atoms with Crippen molar-refractivity contribution in [2.24, 2.45) is 5.73 Å². The Balaban J connectivity index is 2.82. The Labute approximate surface area is 79.9 Å². The average molecular weight is 200 g/mol. The van der Waals surface area contributed by atoms with Gasteiger partial charge in [-0.3, -0.25) is 4.79 Å². The van der Waals surface area contributed by atoms with E-state index < -0.39 is 23.6 Å². The van der Waals surface area contributed by atoms with Crippen LogP contribution in [0.15, 0.2) is 18.2 Å². The van der Waals surface area contributed by atoms with Gasteiger partial charge in [0.05, 0.1) is 11.7 Å². The zero-order valence-corrected chi connectivity index (χ0v) is 7.55. The van der Waals surface area contributed by atoms with Gasteiger partial charge in [0.1, 0.15) is 11.6 Å². The first-order chi connectivity index (χ1) is 6.50. The van der Waals surface area contributed by atoms with Gasteiger partial charge in [-0.05, 0) is 19.1 Å². The summed E-state index contributed by atoms with van der Waals surface area (Å²) >= 11 is 0. The van der Waals surface area contributed by atoms with E-state index in [0.29, 0.717) is 6.07 Å². The number of carbonyl (C=O) groups is 1. The number of nitrogens with two attached hydrogens (primary N) is 1. The van der Waals surface area contributed by atoms with Gasteiger partial charge in [-0.2, -0.15) is 0 Å². The second-order valence-corrected chi connectivity index (χ2v) is 2.90. The maximum atomic E-state index is 13.0. The van der Waals surface area contributed by atoms with Crippen molar-refractivity contribution in [2.45, 2.75) is 13.0 Å². The molecule has 3 nitrogen and oxygen atoms in total. The smallest absolute Gasteiger partial charge is 0.241 e. The minimum absolute atomic E-state index is 0.0753. The van der Waals surface area contributed by atoms with Crippen LogP contribution in [-0.2, 0) is 4.79 Å². The molecule has 0 bridgehead atoms. The number of hydrogen-bond acceptors (Lipinski definition) is 2. The average Bonchev–Trinajstić information content (AvgIpc) is 2.09. The van der Waals surface area contributed by atoms with E-state index in [9.17, 15) is 13.6 Å². The van der Waals surface area contributed by atoms with Crippen molar-refractivity contribution in [3.63, 3.8) is 0 Å². The number of rotatable bonds is 2. The van der Waals surface area contributed by atoms with Crippen molar-refractivity contribution in [2.75, 3.05) is 5.32 Å². The van der Waals surface area contributed by atoms with Crippen LogP contribution < -0.4 is 11.1 Å². The van der Waals surface area contributed by atoms with E-state index in [1.807, 2.05) is 0 Å². The number of carbonyl (C=O) groups excluding carboxylic acids is 1. The Hall–Kier alpha value is -1.49. The molecule has 3 N–H and O–H groups in total. The molecule has 0 radical (unpaired) electrons. The van der Waals surface area contributed by atoms with Crippen LogP contribution in [-0.4, -0.2) is 11.9 Å². The largest absolute Gasteiger partial charge is 0.322 e. The summed E-state index contributed by atoms with van der Waals surface area (Å²) in [5, 5.41) is 2.23. The van der Waals surface area contributed by atoms with Crippen LogP contribution in [0, 0.1) is 11.6 Å². The summed E-state index contributed by atoms with van der Waals surface area (Å²) in [5.74, 6) is -2.03. The third-order valence-corrected chi connectivity index (χ3v) is 1.60. The van der Waals surface area contributed by atoms with Gasteiger partial charge in [-0.25, -0.2) is 8.78 Å². The zero-order chi connectivity index (χ0) is 10.7.